The molecule has 4 nitrogen and oxygen atoms in total. The Labute approximate surface area is 520 Å². The summed E-state index contributed by atoms with van der Waals surface area (Å²) in [6.45, 7) is 38.2. The number of hydrogen-bond donors (Lipinski definition) is 0. The van der Waals surface area contributed by atoms with Crippen LogP contribution in [0.2, 0.25) is 0 Å². The molecule has 0 radical (unpaired) electrons. The van der Waals surface area contributed by atoms with Gasteiger partial charge in [-0.25, -0.2) is 0 Å². The number of nitrogens with zero attached hydrogens (tertiary/aromatic N) is 3. The van der Waals surface area contributed by atoms with E-state index in [1.165, 1.54) is 130 Å². The molecule has 86 heavy (non-hydrogen) atoms. The smallest absolute Gasteiger partial charge is 0.256 e. The highest BCUT2D eigenvalue weighted by molar-refractivity contribution is 7.20. The van der Waals surface area contributed by atoms with Gasteiger partial charge >= 0.3 is 0 Å². The van der Waals surface area contributed by atoms with Crippen LogP contribution in [0.15, 0.2) is 152 Å². The third-order valence-corrected chi connectivity index (χ3v) is 24.3. The van der Waals surface area contributed by atoms with E-state index in [0.717, 1.165) is 42.9 Å². The van der Waals surface area contributed by atoms with Crippen molar-refractivity contribution in [1.29, 1.82) is 0 Å². The van der Waals surface area contributed by atoms with E-state index in [4.69, 9.17) is 4.74 Å². The maximum atomic E-state index is 7.60. The first-order valence-electron chi connectivity index (χ1n) is 31.8. The second kappa shape index (κ2) is 18.8. The van der Waals surface area contributed by atoms with Gasteiger partial charge in [-0.3, -0.25) is 0 Å². The summed E-state index contributed by atoms with van der Waals surface area (Å²) in [6, 6.07) is 60.2. The molecule has 0 atom stereocenters. The van der Waals surface area contributed by atoms with E-state index < -0.39 is 0 Å². The van der Waals surface area contributed by atoms with E-state index in [1.54, 1.807) is 0 Å². The Hall–Kier alpha value is -6.99. The van der Waals surface area contributed by atoms with Crippen LogP contribution in [0.3, 0.4) is 0 Å². The number of rotatable bonds is 7. The number of benzene rings is 8. The van der Waals surface area contributed by atoms with Crippen molar-refractivity contribution in [1.82, 2.24) is 0 Å². The minimum absolute atomic E-state index is 0.00134. The van der Waals surface area contributed by atoms with Crippen LogP contribution in [0, 0.1) is 0 Å². The van der Waals surface area contributed by atoms with Gasteiger partial charge in [0.1, 0.15) is 11.5 Å². The van der Waals surface area contributed by atoms with E-state index in [9.17, 15) is 0 Å². The molecule has 6 heterocycles. The molecule has 0 unspecified atom stereocenters. The molecule has 0 fully saturated rings. The van der Waals surface area contributed by atoms with Crippen LogP contribution in [0.25, 0.3) is 20.2 Å². The maximum Gasteiger partial charge on any atom is 0.256 e. The molecule has 0 saturated heterocycles. The molecule has 0 bridgehead atoms. The van der Waals surface area contributed by atoms with Gasteiger partial charge in [-0.1, -0.05) is 184 Å². The third-order valence-electron chi connectivity index (χ3n) is 21.2. The highest BCUT2D eigenvalue weighted by Crippen LogP contribution is 2.54. The zero-order valence-corrected chi connectivity index (χ0v) is 55.1. The molecule has 15 rings (SSSR count). The molecule has 2 aromatic heterocycles. The zero-order chi connectivity index (χ0) is 60.1. The molecule has 5 aliphatic rings. The van der Waals surface area contributed by atoms with Crippen molar-refractivity contribution in [2.75, 3.05) is 14.7 Å². The topological polar surface area (TPSA) is 19.0 Å². The van der Waals surface area contributed by atoms with Gasteiger partial charge in [-0.2, -0.15) is 0 Å². The van der Waals surface area contributed by atoms with Crippen LogP contribution in [0.5, 0.6) is 11.5 Å². The molecule has 4 aliphatic heterocycles. The summed E-state index contributed by atoms with van der Waals surface area (Å²) >= 11 is 3.94. The Bertz CT molecular complexity index is 4470. The Morgan fingerprint density at radius 3 is 1.51 bits per heavy atom. The van der Waals surface area contributed by atoms with Crippen molar-refractivity contribution in [3.63, 3.8) is 0 Å². The lowest BCUT2D eigenvalue weighted by atomic mass is 9.30. The lowest BCUT2D eigenvalue weighted by Gasteiger charge is -2.47. The molecule has 10 aromatic rings. The maximum absolute atomic E-state index is 7.60. The average molecular weight is 1160 g/mol. The van der Waals surface area contributed by atoms with Crippen LogP contribution in [0.4, 0.5) is 51.2 Å². The molecule has 0 saturated carbocycles. The first kappa shape index (κ1) is 55.6. The van der Waals surface area contributed by atoms with Crippen LogP contribution in [-0.2, 0) is 32.5 Å². The molecule has 432 valence electrons. The van der Waals surface area contributed by atoms with Crippen LogP contribution < -0.4 is 52.2 Å². The summed E-state index contributed by atoms with van der Waals surface area (Å²) in [5, 5.41) is 2.57. The first-order chi connectivity index (χ1) is 40.8. The Kier molecular flexibility index (Phi) is 12.1. The van der Waals surface area contributed by atoms with Gasteiger partial charge in [0.05, 0.1) is 15.1 Å². The highest BCUT2D eigenvalue weighted by atomic mass is 32.1. The minimum atomic E-state index is -0.172. The van der Waals surface area contributed by atoms with Crippen molar-refractivity contribution < 1.29 is 4.74 Å². The third kappa shape index (κ3) is 8.19. The Morgan fingerprint density at radius 2 is 0.930 bits per heavy atom. The standard InChI is InChI=1S/C78H81B2N3OS2/c1-17-75(9,10)65-37-46-29-33-55-69(71(46)85-65)83(51-27-23-20-24-28-51)62-40-48(73(3,4)5)39-61-67(62)79(55)57-44-58-59(45-60(57)82(61)52-31-32-53-54(43-52)78(15,16)36-35-77(53,13)14)81(50-25-21-19-22-26-50)63-41-49(74(6,7)8)42-64-68(63)80(58)56-34-30-47-38-66(76(11,12)18-2)86-72(47)70(56)84-64/h19-34,37-45H,17-18,35-36H2,1-16H3. The van der Waals surface area contributed by atoms with Gasteiger partial charge in [0.15, 0.2) is 0 Å². The fraction of sp³-hybridized carbons (Fsp3) is 0.333. The molecular formula is C78H81B2N3OS2. The lowest BCUT2D eigenvalue weighted by Crippen LogP contribution is -2.64. The molecule has 1 aliphatic carbocycles. The van der Waals surface area contributed by atoms with Gasteiger partial charge < -0.3 is 19.4 Å². The fourth-order valence-electron chi connectivity index (χ4n) is 14.9. The first-order valence-corrected chi connectivity index (χ1v) is 33.4. The number of para-hydroxylation sites is 2. The summed E-state index contributed by atoms with van der Waals surface area (Å²) in [6.07, 6.45) is 4.43. The van der Waals surface area contributed by atoms with Gasteiger partial charge in [0.25, 0.3) is 13.4 Å². The van der Waals surface area contributed by atoms with Gasteiger partial charge in [0.2, 0.25) is 0 Å². The van der Waals surface area contributed by atoms with Crippen molar-refractivity contribution in [3.8, 4) is 11.5 Å². The van der Waals surface area contributed by atoms with Crippen molar-refractivity contribution >= 4 is 140 Å². The van der Waals surface area contributed by atoms with Gasteiger partial charge in [-0.15, -0.1) is 22.7 Å². The van der Waals surface area contributed by atoms with E-state index in [2.05, 4.69) is 277 Å². The van der Waals surface area contributed by atoms with Crippen molar-refractivity contribution in [2.45, 2.75) is 169 Å². The summed E-state index contributed by atoms with van der Waals surface area (Å²) in [5.41, 5.74) is 24.1. The van der Waals surface area contributed by atoms with E-state index in [-0.39, 0.29) is 45.9 Å². The van der Waals surface area contributed by atoms with E-state index in [0.29, 0.717) is 0 Å². The van der Waals surface area contributed by atoms with Crippen LogP contribution >= 0.6 is 22.7 Å². The molecule has 0 spiro atoms. The zero-order valence-electron chi connectivity index (χ0n) is 53.5. The highest BCUT2D eigenvalue weighted by Gasteiger charge is 2.50. The quantitative estimate of drug-likeness (QED) is 0.148. The predicted octanol–water partition coefficient (Wildman–Crippen LogP) is 18.9. The Morgan fingerprint density at radius 1 is 0.442 bits per heavy atom. The monoisotopic (exact) mass is 1160 g/mol. The normalized spacial score (nSPS) is 16.3. The van der Waals surface area contributed by atoms with Crippen molar-refractivity contribution in [3.05, 3.63) is 184 Å². The van der Waals surface area contributed by atoms with E-state index in [1.807, 2.05) is 22.7 Å². The number of anilines is 9. The molecular weight excluding hydrogens is 1080 g/mol. The second-order valence-electron chi connectivity index (χ2n) is 30.5. The Balaban J connectivity index is 1.11. The number of thiophene rings is 2. The average Bonchev–Trinajstić information content (AvgIpc) is 0.835. The van der Waals surface area contributed by atoms with Crippen LogP contribution in [-0.4, -0.2) is 13.4 Å². The number of hydrogen-bond acceptors (Lipinski definition) is 6. The summed E-state index contributed by atoms with van der Waals surface area (Å²) in [5.74, 6) is 1.97. The second-order valence-corrected chi connectivity index (χ2v) is 32.6. The molecule has 0 amide bonds. The van der Waals surface area contributed by atoms with Gasteiger partial charge in [0, 0.05) is 55.3 Å². The van der Waals surface area contributed by atoms with Gasteiger partial charge in [-0.05, 0) is 203 Å². The van der Waals surface area contributed by atoms with Crippen molar-refractivity contribution in [2.24, 2.45) is 0 Å². The molecule has 0 N–H and O–H groups in total. The number of fused-ring (bicyclic) bond motifs is 13. The predicted molar refractivity (Wildman–Crippen MR) is 376 cm³/mol. The summed E-state index contributed by atoms with van der Waals surface area (Å²) in [7, 11) is 0. The lowest BCUT2D eigenvalue weighted by molar-refractivity contribution is 0.332. The molecule has 8 aromatic carbocycles. The number of ether oxygens (including phenoxy) is 1. The fourth-order valence-corrected chi connectivity index (χ4v) is 17.6. The summed E-state index contributed by atoms with van der Waals surface area (Å²) < 4.78 is 10.2. The SMILES string of the molecule is CCC(C)(C)c1cc2ccc3c(c2s1)Oc1cc(C(C)(C)C)cc2c1B3c1cc3c(cc1N2c1ccccc1)N(c1ccc2c(c1)C(C)(C)CCC2(C)C)c1cc(C(C)(C)C)cc2c1B3c1ccc3cc(C(C)(C)CC)sc3c1N2c1ccccc1. The van der Waals surface area contributed by atoms with Crippen LogP contribution in [0.1, 0.15) is 168 Å². The summed E-state index contributed by atoms with van der Waals surface area (Å²) in [4.78, 5) is 10.8. The molecule has 8 heteroatoms. The minimum Gasteiger partial charge on any atom is -0.457 e. The van der Waals surface area contributed by atoms with E-state index >= 15 is 0 Å². The largest absolute Gasteiger partial charge is 0.457 e.